The van der Waals surface area contributed by atoms with Crippen LogP contribution in [0.25, 0.3) is 11.1 Å². The van der Waals surface area contributed by atoms with E-state index in [0.29, 0.717) is 0 Å². The molecule has 0 heterocycles. The van der Waals surface area contributed by atoms with Gasteiger partial charge in [-0.05, 0) is 35.3 Å². The number of benzene rings is 2. The third-order valence-electron chi connectivity index (χ3n) is 5.99. The highest BCUT2D eigenvalue weighted by Gasteiger charge is 2.49. The van der Waals surface area contributed by atoms with Gasteiger partial charge in [-0.3, -0.25) is 4.79 Å². The number of carbonyl (C=O) groups is 1. The van der Waals surface area contributed by atoms with Crippen molar-refractivity contribution in [1.82, 2.24) is 0 Å². The molecule has 0 fully saturated rings. The van der Waals surface area contributed by atoms with Crippen molar-refractivity contribution in [2.75, 3.05) is 0 Å². The van der Waals surface area contributed by atoms with Crippen LogP contribution in [-0.2, 0) is 9.53 Å². The lowest BCUT2D eigenvalue weighted by molar-refractivity contribution is -0.168. The maximum Gasteiger partial charge on any atom is 0.313 e. The molecule has 1 unspecified atom stereocenters. The molecule has 0 bridgehead atoms. The molecule has 0 amide bonds. The van der Waals surface area contributed by atoms with Crippen LogP contribution in [0.1, 0.15) is 72.1 Å². The minimum Gasteiger partial charge on any atom is -0.452 e. The maximum absolute atomic E-state index is 13.5. The number of esters is 1. The van der Waals surface area contributed by atoms with Gasteiger partial charge in [0.05, 0.1) is 5.41 Å². The quantitative estimate of drug-likeness (QED) is 0.561. The summed E-state index contributed by atoms with van der Waals surface area (Å²) in [5, 5.41) is 0. The molecule has 2 heteroatoms. The number of hydrogen-bond acceptors (Lipinski definition) is 2. The molecular formula is C25H32O2. The SMILES string of the molecule is CC(C)(C)CC(C)(C(=O)OC1c2ccccc2-c2ccccc21)C(C)(C)C. The van der Waals surface area contributed by atoms with Crippen molar-refractivity contribution < 1.29 is 9.53 Å². The molecule has 1 aliphatic rings. The van der Waals surface area contributed by atoms with E-state index in [-0.39, 0.29) is 22.9 Å². The minimum absolute atomic E-state index is 0.0343. The molecule has 0 aromatic heterocycles. The van der Waals surface area contributed by atoms with Crippen molar-refractivity contribution in [1.29, 1.82) is 0 Å². The summed E-state index contributed by atoms with van der Waals surface area (Å²) in [7, 11) is 0. The van der Waals surface area contributed by atoms with Crippen molar-refractivity contribution in [3.63, 3.8) is 0 Å². The second kappa shape index (κ2) is 6.51. The Bertz CT molecular complexity index is 806. The van der Waals surface area contributed by atoms with E-state index in [2.05, 4.69) is 72.7 Å². The molecular weight excluding hydrogens is 332 g/mol. The molecule has 0 radical (unpaired) electrons. The maximum atomic E-state index is 13.5. The average Bonchev–Trinajstić information content (AvgIpc) is 2.87. The molecule has 0 saturated heterocycles. The molecule has 1 aliphatic carbocycles. The highest BCUT2D eigenvalue weighted by atomic mass is 16.5. The van der Waals surface area contributed by atoms with Gasteiger partial charge in [-0.2, -0.15) is 0 Å². The predicted octanol–water partition coefficient (Wildman–Crippen LogP) is 6.79. The summed E-state index contributed by atoms with van der Waals surface area (Å²) in [6.45, 7) is 15.0. The zero-order valence-corrected chi connectivity index (χ0v) is 17.7. The highest BCUT2D eigenvalue weighted by molar-refractivity contribution is 5.82. The van der Waals surface area contributed by atoms with E-state index in [0.717, 1.165) is 17.5 Å². The smallest absolute Gasteiger partial charge is 0.313 e. The van der Waals surface area contributed by atoms with Crippen molar-refractivity contribution >= 4 is 5.97 Å². The fourth-order valence-electron chi connectivity index (χ4n) is 4.18. The summed E-state index contributed by atoms with van der Waals surface area (Å²) >= 11 is 0. The summed E-state index contributed by atoms with van der Waals surface area (Å²) in [5.41, 5.74) is 3.76. The zero-order chi connectivity index (χ0) is 20.0. The molecule has 2 nitrogen and oxygen atoms in total. The molecule has 0 spiro atoms. The molecule has 2 aromatic rings. The second-order valence-electron chi connectivity index (χ2n) is 10.3. The van der Waals surface area contributed by atoms with Gasteiger partial charge < -0.3 is 4.74 Å². The molecule has 0 N–H and O–H groups in total. The van der Waals surface area contributed by atoms with E-state index in [9.17, 15) is 4.79 Å². The van der Waals surface area contributed by atoms with Gasteiger partial charge in [0.15, 0.2) is 6.10 Å². The predicted molar refractivity (Wildman–Crippen MR) is 111 cm³/mol. The van der Waals surface area contributed by atoms with Gasteiger partial charge in [-0.1, -0.05) is 90.1 Å². The van der Waals surface area contributed by atoms with Crippen molar-refractivity contribution in [2.45, 2.75) is 61.0 Å². The van der Waals surface area contributed by atoms with Crippen molar-refractivity contribution in [3.8, 4) is 11.1 Å². The molecule has 1 atom stereocenters. The fraction of sp³-hybridized carbons (Fsp3) is 0.480. The van der Waals surface area contributed by atoms with E-state index in [1.165, 1.54) is 11.1 Å². The Balaban J connectivity index is 2.00. The summed E-state index contributed by atoms with van der Waals surface area (Å²) in [6.07, 6.45) is 0.449. The molecule has 144 valence electrons. The lowest BCUT2D eigenvalue weighted by Gasteiger charge is -2.44. The van der Waals surface area contributed by atoms with Gasteiger partial charge >= 0.3 is 5.97 Å². The van der Waals surface area contributed by atoms with Crippen LogP contribution in [0.4, 0.5) is 0 Å². The third kappa shape index (κ3) is 3.54. The van der Waals surface area contributed by atoms with Gasteiger partial charge in [0.1, 0.15) is 0 Å². The Morgan fingerprint density at radius 1 is 0.815 bits per heavy atom. The van der Waals surface area contributed by atoms with Crippen LogP contribution in [0.3, 0.4) is 0 Å². The van der Waals surface area contributed by atoms with Gasteiger partial charge in [0, 0.05) is 11.1 Å². The van der Waals surface area contributed by atoms with Crippen molar-refractivity contribution in [2.24, 2.45) is 16.2 Å². The average molecular weight is 365 g/mol. The molecule has 2 aromatic carbocycles. The van der Waals surface area contributed by atoms with Crippen LogP contribution in [0.5, 0.6) is 0 Å². The van der Waals surface area contributed by atoms with Crippen LogP contribution in [0, 0.1) is 16.2 Å². The van der Waals surface area contributed by atoms with E-state index >= 15 is 0 Å². The van der Waals surface area contributed by atoms with Crippen molar-refractivity contribution in [3.05, 3.63) is 59.7 Å². The van der Waals surface area contributed by atoms with E-state index in [1.807, 2.05) is 24.3 Å². The van der Waals surface area contributed by atoms with Crippen LogP contribution >= 0.6 is 0 Å². The Kier molecular flexibility index (Phi) is 4.74. The first-order chi connectivity index (χ1) is 12.4. The Labute approximate surface area is 164 Å². The van der Waals surface area contributed by atoms with E-state index in [4.69, 9.17) is 4.74 Å². The standard InChI is InChI=1S/C25H32O2/c1-23(2,3)16-25(7,24(4,5)6)22(26)27-21-19-14-10-8-12-17(19)18-13-9-11-15-20(18)21/h8-15,21H,16H2,1-7H3. The zero-order valence-electron chi connectivity index (χ0n) is 17.7. The Morgan fingerprint density at radius 3 is 1.67 bits per heavy atom. The first-order valence-corrected chi connectivity index (χ1v) is 9.83. The fourth-order valence-corrected chi connectivity index (χ4v) is 4.18. The van der Waals surface area contributed by atoms with Gasteiger partial charge in [-0.15, -0.1) is 0 Å². The van der Waals surface area contributed by atoms with E-state index in [1.54, 1.807) is 0 Å². The summed E-state index contributed by atoms with van der Waals surface area (Å²) in [4.78, 5) is 13.5. The van der Waals surface area contributed by atoms with Gasteiger partial charge in [-0.25, -0.2) is 0 Å². The van der Waals surface area contributed by atoms with Crippen LogP contribution < -0.4 is 0 Å². The minimum atomic E-state index is -0.572. The summed E-state index contributed by atoms with van der Waals surface area (Å²) < 4.78 is 6.26. The van der Waals surface area contributed by atoms with Gasteiger partial charge in [0.25, 0.3) is 0 Å². The molecule has 0 saturated carbocycles. The lowest BCUT2D eigenvalue weighted by atomic mass is 9.61. The Morgan fingerprint density at radius 2 is 1.26 bits per heavy atom. The topological polar surface area (TPSA) is 26.3 Å². The van der Waals surface area contributed by atoms with Crippen LogP contribution in [-0.4, -0.2) is 5.97 Å². The summed E-state index contributed by atoms with van der Waals surface area (Å²) in [5.74, 6) is -0.110. The largest absolute Gasteiger partial charge is 0.452 e. The second-order valence-corrected chi connectivity index (χ2v) is 10.3. The number of ether oxygens (including phenoxy) is 1. The number of rotatable bonds is 3. The molecule has 3 rings (SSSR count). The first kappa shape index (κ1) is 19.7. The van der Waals surface area contributed by atoms with E-state index < -0.39 is 5.41 Å². The van der Waals surface area contributed by atoms with Crippen LogP contribution in [0.2, 0.25) is 0 Å². The number of carbonyl (C=O) groups excluding carboxylic acids is 1. The highest BCUT2D eigenvalue weighted by Crippen LogP contribution is 2.50. The third-order valence-corrected chi connectivity index (χ3v) is 5.99. The molecule has 27 heavy (non-hydrogen) atoms. The number of fused-ring (bicyclic) bond motifs is 3. The molecule has 0 aliphatic heterocycles. The Hall–Kier alpha value is -2.09. The first-order valence-electron chi connectivity index (χ1n) is 9.83. The lowest BCUT2D eigenvalue weighted by Crippen LogP contribution is -2.44. The normalized spacial score (nSPS) is 16.4. The monoisotopic (exact) mass is 364 g/mol. The number of hydrogen-bond donors (Lipinski definition) is 0. The summed E-state index contributed by atoms with van der Waals surface area (Å²) in [6, 6.07) is 16.5. The van der Waals surface area contributed by atoms with Gasteiger partial charge in [0.2, 0.25) is 0 Å². The van der Waals surface area contributed by atoms with Crippen LogP contribution in [0.15, 0.2) is 48.5 Å².